The fourth-order valence-corrected chi connectivity index (χ4v) is 2.46. The highest BCUT2D eigenvalue weighted by Gasteiger charge is 2.33. The highest BCUT2D eigenvalue weighted by molar-refractivity contribution is 5.51. The topological polar surface area (TPSA) is 29.5 Å². The van der Waals surface area contributed by atoms with Crippen molar-refractivity contribution in [3.05, 3.63) is 64.2 Å². The summed E-state index contributed by atoms with van der Waals surface area (Å²) in [6.07, 6.45) is 0. The van der Waals surface area contributed by atoms with Crippen LogP contribution < -0.4 is 4.74 Å². The minimum atomic E-state index is -1.70. The van der Waals surface area contributed by atoms with Gasteiger partial charge >= 0.3 is 0 Å². The van der Waals surface area contributed by atoms with Crippen LogP contribution in [0.2, 0.25) is 0 Å². The van der Waals surface area contributed by atoms with Crippen LogP contribution >= 0.6 is 0 Å². The molecule has 0 amide bonds. The molecule has 2 aromatic carbocycles. The Balaban J connectivity index is 2.70. The highest BCUT2D eigenvalue weighted by atomic mass is 19.2. The van der Waals surface area contributed by atoms with E-state index in [2.05, 4.69) is 0 Å². The summed E-state index contributed by atoms with van der Waals surface area (Å²) in [4.78, 5) is 0. The average Bonchev–Trinajstić information content (AvgIpc) is 2.44. The Morgan fingerprint density at radius 1 is 1.05 bits per heavy atom. The number of aliphatic hydroxyl groups is 1. The van der Waals surface area contributed by atoms with Gasteiger partial charge in [0.15, 0.2) is 11.6 Å². The maximum Gasteiger partial charge on any atom is 0.165 e. The van der Waals surface area contributed by atoms with E-state index >= 15 is 0 Å². The number of hydrogen-bond acceptors (Lipinski definition) is 2. The SMILES string of the molecule is COc1c(C(C)(O)c2cccc(F)c2F)ccc(C)c1C. The molecule has 1 atom stereocenters. The molecule has 0 aliphatic heterocycles. The van der Waals surface area contributed by atoms with Crippen molar-refractivity contribution in [3.8, 4) is 5.75 Å². The summed E-state index contributed by atoms with van der Waals surface area (Å²) < 4.78 is 32.8. The summed E-state index contributed by atoms with van der Waals surface area (Å²) in [6.45, 7) is 5.20. The van der Waals surface area contributed by atoms with Gasteiger partial charge in [-0.25, -0.2) is 8.78 Å². The third kappa shape index (κ3) is 2.51. The van der Waals surface area contributed by atoms with Crippen LogP contribution in [0.15, 0.2) is 30.3 Å². The number of benzene rings is 2. The monoisotopic (exact) mass is 292 g/mol. The van der Waals surface area contributed by atoms with E-state index in [9.17, 15) is 13.9 Å². The van der Waals surface area contributed by atoms with Crippen LogP contribution in [0.1, 0.15) is 29.2 Å². The second-order valence-corrected chi connectivity index (χ2v) is 5.26. The summed E-state index contributed by atoms with van der Waals surface area (Å²) >= 11 is 0. The second-order valence-electron chi connectivity index (χ2n) is 5.26. The number of hydrogen-bond donors (Lipinski definition) is 1. The van der Waals surface area contributed by atoms with Gasteiger partial charge in [0.05, 0.1) is 7.11 Å². The van der Waals surface area contributed by atoms with Crippen molar-refractivity contribution in [1.82, 2.24) is 0 Å². The zero-order valence-corrected chi connectivity index (χ0v) is 12.5. The fourth-order valence-electron chi connectivity index (χ4n) is 2.46. The van der Waals surface area contributed by atoms with Crippen molar-refractivity contribution in [2.45, 2.75) is 26.4 Å². The van der Waals surface area contributed by atoms with E-state index in [1.807, 2.05) is 19.9 Å². The van der Waals surface area contributed by atoms with Crippen LogP contribution in [-0.2, 0) is 5.60 Å². The van der Waals surface area contributed by atoms with Gasteiger partial charge in [0.2, 0.25) is 0 Å². The smallest absolute Gasteiger partial charge is 0.165 e. The Morgan fingerprint density at radius 3 is 2.33 bits per heavy atom. The van der Waals surface area contributed by atoms with Crippen molar-refractivity contribution >= 4 is 0 Å². The van der Waals surface area contributed by atoms with Crippen LogP contribution in [0, 0.1) is 25.5 Å². The van der Waals surface area contributed by atoms with Gasteiger partial charge in [0, 0.05) is 11.1 Å². The lowest BCUT2D eigenvalue weighted by molar-refractivity contribution is 0.0937. The molecule has 0 radical (unpaired) electrons. The summed E-state index contributed by atoms with van der Waals surface area (Å²) in [5, 5.41) is 10.8. The van der Waals surface area contributed by atoms with Crippen molar-refractivity contribution in [1.29, 1.82) is 0 Å². The van der Waals surface area contributed by atoms with E-state index in [1.54, 1.807) is 6.07 Å². The highest BCUT2D eigenvalue weighted by Crippen LogP contribution is 2.39. The molecule has 1 N–H and O–H groups in total. The molecular formula is C17H18F2O2. The molecular weight excluding hydrogens is 274 g/mol. The molecule has 2 aromatic rings. The molecule has 0 heterocycles. The van der Waals surface area contributed by atoms with Crippen molar-refractivity contribution < 1.29 is 18.6 Å². The molecule has 0 saturated carbocycles. The fraction of sp³-hybridized carbons (Fsp3) is 0.294. The van der Waals surface area contributed by atoms with E-state index in [1.165, 1.54) is 26.2 Å². The molecule has 0 saturated heterocycles. The minimum absolute atomic E-state index is 0.121. The van der Waals surface area contributed by atoms with Crippen LogP contribution in [0.3, 0.4) is 0 Å². The zero-order chi connectivity index (χ0) is 15.8. The third-order valence-electron chi connectivity index (χ3n) is 3.88. The van der Waals surface area contributed by atoms with E-state index in [-0.39, 0.29) is 5.56 Å². The summed E-state index contributed by atoms with van der Waals surface area (Å²) in [5.41, 5.74) is 0.426. The van der Waals surface area contributed by atoms with E-state index in [0.717, 1.165) is 17.2 Å². The summed E-state index contributed by atoms with van der Waals surface area (Å²) in [7, 11) is 1.49. The molecule has 0 fully saturated rings. The Hall–Kier alpha value is -1.94. The Labute approximate surface area is 123 Å². The summed E-state index contributed by atoms with van der Waals surface area (Å²) in [5.74, 6) is -1.57. The predicted octanol–water partition coefficient (Wildman–Crippen LogP) is 3.85. The molecule has 0 aliphatic rings. The number of halogens is 2. The van der Waals surface area contributed by atoms with Crippen LogP contribution in [0.5, 0.6) is 5.75 Å². The van der Waals surface area contributed by atoms with Gasteiger partial charge in [-0.1, -0.05) is 24.3 Å². The summed E-state index contributed by atoms with van der Waals surface area (Å²) in [6, 6.07) is 7.25. The maximum atomic E-state index is 14.0. The quantitative estimate of drug-likeness (QED) is 0.931. The van der Waals surface area contributed by atoms with Crippen LogP contribution in [-0.4, -0.2) is 12.2 Å². The van der Waals surface area contributed by atoms with Crippen molar-refractivity contribution in [2.24, 2.45) is 0 Å². The first kappa shape index (κ1) is 15.4. The normalized spacial score (nSPS) is 13.9. The van der Waals surface area contributed by atoms with E-state index in [0.29, 0.717) is 11.3 Å². The minimum Gasteiger partial charge on any atom is -0.496 e. The lowest BCUT2D eigenvalue weighted by atomic mass is 9.85. The molecule has 2 rings (SSSR count). The van der Waals surface area contributed by atoms with Gasteiger partial charge in [-0.2, -0.15) is 0 Å². The van der Waals surface area contributed by atoms with Crippen molar-refractivity contribution in [3.63, 3.8) is 0 Å². The van der Waals surface area contributed by atoms with Gasteiger partial charge in [0.25, 0.3) is 0 Å². The molecule has 4 heteroatoms. The van der Waals surface area contributed by atoms with Crippen LogP contribution in [0.4, 0.5) is 8.78 Å². The maximum absolute atomic E-state index is 14.0. The largest absolute Gasteiger partial charge is 0.496 e. The van der Waals surface area contributed by atoms with Crippen LogP contribution in [0.25, 0.3) is 0 Å². The Kier molecular flexibility index (Phi) is 4.01. The van der Waals surface area contributed by atoms with Gasteiger partial charge in [0.1, 0.15) is 11.4 Å². The Morgan fingerprint density at radius 2 is 1.71 bits per heavy atom. The zero-order valence-electron chi connectivity index (χ0n) is 12.5. The lowest BCUT2D eigenvalue weighted by Crippen LogP contribution is -2.26. The molecule has 1 unspecified atom stereocenters. The number of ether oxygens (including phenoxy) is 1. The van der Waals surface area contributed by atoms with Gasteiger partial charge in [-0.15, -0.1) is 0 Å². The second kappa shape index (κ2) is 5.45. The van der Waals surface area contributed by atoms with Crippen molar-refractivity contribution in [2.75, 3.05) is 7.11 Å². The molecule has 2 nitrogen and oxygen atoms in total. The first-order chi connectivity index (χ1) is 9.80. The van der Waals surface area contributed by atoms with E-state index in [4.69, 9.17) is 4.74 Å². The Bertz CT molecular complexity index is 679. The first-order valence-corrected chi connectivity index (χ1v) is 6.62. The predicted molar refractivity (Wildman–Crippen MR) is 77.5 cm³/mol. The van der Waals surface area contributed by atoms with E-state index < -0.39 is 17.2 Å². The average molecular weight is 292 g/mol. The molecule has 21 heavy (non-hydrogen) atoms. The first-order valence-electron chi connectivity index (χ1n) is 6.62. The molecule has 0 spiro atoms. The molecule has 0 bridgehead atoms. The molecule has 112 valence electrons. The molecule has 0 aliphatic carbocycles. The number of aryl methyl sites for hydroxylation is 1. The van der Waals surface area contributed by atoms with Gasteiger partial charge in [-0.3, -0.25) is 0 Å². The number of methoxy groups -OCH3 is 1. The third-order valence-corrected chi connectivity index (χ3v) is 3.88. The standard InChI is InChI=1S/C17H18F2O2/c1-10-8-9-13(16(21-4)11(10)2)17(3,20)12-6-5-7-14(18)15(12)19/h5-9,20H,1-4H3. The van der Waals surface area contributed by atoms with Gasteiger partial charge < -0.3 is 9.84 Å². The molecule has 0 aromatic heterocycles. The lowest BCUT2D eigenvalue weighted by Gasteiger charge is -2.28. The van der Waals surface area contributed by atoms with Gasteiger partial charge in [-0.05, 0) is 38.0 Å². The number of rotatable bonds is 3.